The smallest absolute Gasteiger partial charge is 0.0815 e. The average Bonchev–Trinajstić information content (AvgIpc) is 2.61. The summed E-state index contributed by atoms with van der Waals surface area (Å²) in [5.74, 6) is 0. The van der Waals surface area contributed by atoms with E-state index in [0.717, 1.165) is 23.8 Å². The van der Waals surface area contributed by atoms with Gasteiger partial charge in [0.1, 0.15) is 0 Å². The van der Waals surface area contributed by atoms with Gasteiger partial charge >= 0.3 is 0 Å². The molecule has 0 unspecified atom stereocenters. The lowest BCUT2D eigenvalue weighted by Crippen LogP contribution is -2.10. The van der Waals surface area contributed by atoms with Crippen LogP contribution in [-0.4, -0.2) is 16.8 Å². The molecule has 0 aliphatic carbocycles. The lowest BCUT2D eigenvalue weighted by Gasteiger charge is -2.08. The van der Waals surface area contributed by atoms with Crippen molar-refractivity contribution in [3.8, 4) is 0 Å². The van der Waals surface area contributed by atoms with Crippen molar-refractivity contribution >= 4 is 11.6 Å². The lowest BCUT2D eigenvalue weighted by molar-refractivity contribution is 0.669. The monoisotopic (exact) mass is 249 g/mol. The molecule has 0 aliphatic heterocycles. The Balaban J connectivity index is 2.23. The molecular formula is C13H16ClN3. The topological polar surface area (TPSA) is 29.9 Å². The van der Waals surface area contributed by atoms with Crippen molar-refractivity contribution in [1.29, 1.82) is 0 Å². The molecule has 0 radical (unpaired) electrons. The van der Waals surface area contributed by atoms with Gasteiger partial charge in [-0.25, -0.2) is 0 Å². The van der Waals surface area contributed by atoms with Gasteiger partial charge in [0.15, 0.2) is 0 Å². The molecule has 4 heteroatoms. The highest BCUT2D eigenvalue weighted by Crippen LogP contribution is 2.15. The maximum Gasteiger partial charge on any atom is 0.0815 e. The van der Waals surface area contributed by atoms with Crippen LogP contribution in [0.2, 0.25) is 5.02 Å². The maximum absolute atomic E-state index is 6.00. The van der Waals surface area contributed by atoms with E-state index in [9.17, 15) is 0 Å². The van der Waals surface area contributed by atoms with Crippen LogP contribution in [-0.2, 0) is 13.1 Å². The van der Waals surface area contributed by atoms with Gasteiger partial charge in [0.25, 0.3) is 0 Å². The number of aromatic nitrogens is 2. The van der Waals surface area contributed by atoms with E-state index in [-0.39, 0.29) is 0 Å². The highest BCUT2D eigenvalue weighted by molar-refractivity contribution is 6.31. The molecule has 0 atom stereocenters. The number of aryl methyl sites for hydroxylation is 1. The van der Waals surface area contributed by atoms with Gasteiger partial charge in [-0.15, -0.1) is 0 Å². The van der Waals surface area contributed by atoms with Crippen LogP contribution in [0.3, 0.4) is 0 Å². The first-order chi connectivity index (χ1) is 8.20. The molecule has 0 amide bonds. The maximum atomic E-state index is 6.00. The fourth-order valence-electron chi connectivity index (χ4n) is 1.82. The van der Waals surface area contributed by atoms with Gasteiger partial charge in [-0.05, 0) is 25.1 Å². The van der Waals surface area contributed by atoms with Gasteiger partial charge in [0.2, 0.25) is 0 Å². The highest BCUT2D eigenvalue weighted by Gasteiger charge is 2.05. The third-order valence-electron chi connectivity index (χ3n) is 2.70. The Morgan fingerprint density at radius 3 is 2.59 bits per heavy atom. The Hall–Kier alpha value is -1.32. The van der Waals surface area contributed by atoms with E-state index in [0.29, 0.717) is 0 Å². The van der Waals surface area contributed by atoms with E-state index in [1.54, 1.807) is 0 Å². The minimum Gasteiger partial charge on any atom is -0.316 e. The Morgan fingerprint density at radius 2 is 2.00 bits per heavy atom. The normalized spacial score (nSPS) is 10.8. The SMILES string of the molecule is CNCc1ccccc1Cn1cc(Cl)c(C)n1. The van der Waals surface area contributed by atoms with E-state index in [1.165, 1.54) is 11.1 Å². The lowest BCUT2D eigenvalue weighted by atomic mass is 10.1. The standard InChI is InChI=1S/C13H16ClN3/c1-10-13(14)9-17(16-10)8-12-6-4-3-5-11(12)7-15-2/h3-6,9,15H,7-8H2,1-2H3. The zero-order chi connectivity index (χ0) is 12.3. The summed E-state index contributed by atoms with van der Waals surface area (Å²) in [5, 5.41) is 8.26. The van der Waals surface area contributed by atoms with E-state index < -0.39 is 0 Å². The molecule has 0 saturated heterocycles. The molecule has 3 nitrogen and oxygen atoms in total. The third-order valence-corrected chi connectivity index (χ3v) is 3.08. The number of nitrogens with one attached hydrogen (secondary N) is 1. The fourth-order valence-corrected chi connectivity index (χ4v) is 1.97. The average molecular weight is 250 g/mol. The van der Waals surface area contributed by atoms with Gasteiger partial charge in [0, 0.05) is 12.7 Å². The summed E-state index contributed by atoms with van der Waals surface area (Å²) in [6.07, 6.45) is 1.87. The summed E-state index contributed by atoms with van der Waals surface area (Å²) in [4.78, 5) is 0. The van der Waals surface area contributed by atoms with Gasteiger partial charge in [-0.2, -0.15) is 5.10 Å². The van der Waals surface area contributed by atoms with Gasteiger partial charge < -0.3 is 5.32 Å². The molecule has 2 aromatic rings. The molecule has 0 aliphatic rings. The van der Waals surface area contributed by atoms with Crippen molar-refractivity contribution in [1.82, 2.24) is 15.1 Å². The second kappa shape index (κ2) is 5.34. The molecule has 1 aromatic heterocycles. The van der Waals surface area contributed by atoms with Crippen molar-refractivity contribution in [3.63, 3.8) is 0 Å². The van der Waals surface area contributed by atoms with Gasteiger partial charge in [-0.3, -0.25) is 4.68 Å². The van der Waals surface area contributed by atoms with E-state index in [4.69, 9.17) is 11.6 Å². The molecule has 0 fully saturated rings. The zero-order valence-corrected chi connectivity index (χ0v) is 10.8. The molecule has 2 rings (SSSR count). The summed E-state index contributed by atoms with van der Waals surface area (Å²) in [7, 11) is 1.95. The van der Waals surface area contributed by atoms with Crippen molar-refractivity contribution in [2.45, 2.75) is 20.0 Å². The molecule has 0 spiro atoms. The fraction of sp³-hybridized carbons (Fsp3) is 0.308. The minimum absolute atomic E-state index is 0.719. The van der Waals surface area contributed by atoms with E-state index in [2.05, 4.69) is 28.6 Å². The molecule has 0 saturated carbocycles. The Kier molecular flexibility index (Phi) is 3.82. The van der Waals surface area contributed by atoms with Crippen LogP contribution in [0.4, 0.5) is 0 Å². The van der Waals surface area contributed by atoms with Crippen LogP contribution < -0.4 is 5.32 Å². The second-order valence-corrected chi connectivity index (χ2v) is 4.47. The highest BCUT2D eigenvalue weighted by atomic mass is 35.5. The summed E-state index contributed by atoms with van der Waals surface area (Å²) < 4.78 is 1.88. The zero-order valence-electron chi connectivity index (χ0n) is 10.1. The second-order valence-electron chi connectivity index (χ2n) is 4.06. The van der Waals surface area contributed by atoms with Crippen molar-refractivity contribution in [3.05, 3.63) is 52.3 Å². The number of rotatable bonds is 4. The summed E-state index contributed by atoms with van der Waals surface area (Å²) in [6, 6.07) is 8.35. The Bertz CT molecular complexity index is 486. The number of benzene rings is 1. The number of hydrogen-bond donors (Lipinski definition) is 1. The molecule has 0 bridgehead atoms. The minimum atomic E-state index is 0.719. The first-order valence-corrected chi connectivity index (χ1v) is 5.99. The van der Waals surface area contributed by atoms with Crippen LogP contribution in [0.25, 0.3) is 0 Å². The quantitative estimate of drug-likeness (QED) is 0.903. The third kappa shape index (κ3) is 2.87. The number of halogens is 1. The van der Waals surface area contributed by atoms with E-state index in [1.807, 2.05) is 30.9 Å². The molecule has 1 heterocycles. The van der Waals surface area contributed by atoms with Crippen LogP contribution >= 0.6 is 11.6 Å². The van der Waals surface area contributed by atoms with Crippen molar-refractivity contribution in [2.75, 3.05) is 7.05 Å². The molecule has 1 N–H and O–H groups in total. The van der Waals surface area contributed by atoms with Crippen molar-refractivity contribution < 1.29 is 0 Å². The van der Waals surface area contributed by atoms with Crippen LogP contribution in [0.1, 0.15) is 16.8 Å². The van der Waals surface area contributed by atoms with Crippen LogP contribution in [0.5, 0.6) is 0 Å². The summed E-state index contributed by atoms with van der Waals surface area (Å²) in [5.41, 5.74) is 3.43. The predicted octanol–water partition coefficient (Wildman–Crippen LogP) is 2.61. The van der Waals surface area contributed by atoms with Crippen molar-refractivity contribution in [2.24, 2.45) is 0 Å². The van der Waals surface area contributed by atoms with E-state index >= 15 is 0 Å². The Morgan fingerprint density at radius 1 is 1.29 bits per heavy atom. The van der Waals surface area contributed by atoms with Crippen LogP contribution in [0, 0.1) is 6.92 Å². The first kappa shape index (κ1) is 12.1. The largest absolute Gasteiger partial charge is 0.316 e. The molecular weight excluding hydrogens is 234 g/mol. The number of nitrogens with zero attached hydrogens (tertiary/aromatic N) is 2. The van der Waals surface area contributed by atoms with Gasteiger partial charge in [0.05, 0.1) is 17.3 Å². The Labute approximate surface area is 106 Å². The summed E-state index contributed by atoms with van der Waals surface area (Å²) in [6.45, 7) is 3.54. The molecule has 1 aromatic carbocycles. The predicted molar refractivity (Wildman–Crippen MR) is 70.3 cm³/mol. The molecule has 90 valence electrons. The summed E-state index contributed by atoms with van der Waals surface area (Å²) >= 11 is 6.00. The number of hydrogen-bond acceptors (Lipinski definition) is 2. The first-order valence-electron chi connectivity index (χ1n) is 5.61. The molecule has 17 heavy (non-hydrogen) atoms. The van der Waals surface area contributed by atoms with Crippen LogP contribution in [0.15, 0.2) is 30.5 Å². The van der Waals surface area contributed by atoms with Gasteiger partial charge in [-0.1, -0.05) is 35.9 Å².